The molecule has 0 bridgehead atoms. The van der Waals surface area contributed by atoms with Crippen LogP contribution in [0.1, 0.15) is 11.1 Å². The molecular formula is C15H15BrN2OS. The minimum Gasteiger partial charge on any atom is -0.496 e. The second kappa shape index (κ2) is 6.24. The summed E-state index contributed by atoms with van der Waals surface area (Å²) in [5.41, 5.74) is 9.56. The van der Waals surface area contributed by atoms with E-state index in [2.05, 4.69) is 21.2 Å². The summed E-state index contributed by atoms with van der Waals surface area (Å²) in [5, 5.41) is 3.33. The van der Waals surface area contributed by atoms with Crippen LogP contribution >= 0.6 is 28.1 Å². The first-order chi connectivity index (χ1) is 9.51. The third-order valence-electron chi connectivity index (χ3n) is 2.87. The summed E-state index contributed by atoms with van der Waals surface area (Å²) < 4.78 is 6.10. The number of thiocarbonyl (C=S) groups is 1. The lowest BCUT2D eigenvalue weighted by molar-refractivity contribution is 0.412. The molecule has 3 nitrogen and oxygen atoms in total. The van der Waals surface area contributed by atoms with Gasteiger partial charge >= 0.3 is 0 Å². The van der Waals surface area contributed by atoms with E-state index < -0.39 is 0 Å². The fourth-order valence-corrected chi connectivity index (χ4v) is 2.59. The van der Waals surface area contributed by atoms with Crippen LogP contribution in [0.2, 0.25) is 0 Å². The van der Waals surface area contributed by atoms with Crippen LogP contribution in [0.4, 0.5) is 11.4 Å². The molecule has 0 saturated heterocycles. The largest absolute Gasteiger partial charge is 0.496 e. The predicted octanol–water partition coefficient (Wildman–Crippen LogP) is 4.14. The Kier molecular flexibility index (Phi) is 4.62. The van der Waals surface area contributed by atoms with E-state index in [1.54, 1.807) is 7.11 Å². The zero-order valence-corrected chi connectivity index (χ0v) is 13.6. The summed E-state index contributed by atoms with van der Waals surface area (Å²) in [7, 11) is 1.64. The summed E-state index contributed by atoms with van der Waals surface area (Å²) >= 11 is 8.55. The lowest BCUT2D eigenvalue weighted by Crippen LogP contribution is -2.12. The molecule has 0 unspecified atom stereocenters. The third kappa shape index (κ3) is 3.29. The van der Waals surface area contributed by atoms with Crippen molar-refractivity contribution in [1.82, 2.24) is 0 Å². The van der Waals surface area contributed by atoms with E-state index in [1.807, 2.05) is 43.3 Å². The Morgan fingerprint density at radius 3 is 2.60 bits per heavy atom. The zero-order chi connectivity index (χ0) is 14.7. The van der Waals surface area contributed by atoms with Gasteiger partial charge in [-0.05, 0) is 58.7 Å². The lowest BCUT2D eigenvalue weighted by atomic mass is 10.1. The van der Waals surface area contributed by atoms with Gasteiger partial charge in [0.15, 0.2) is 0 Å². The first-order valence-corrected chi connectivity index (χ1v) is 7.22. The molecule has 0 aromatic heterocycles. The van der Waals surface area contributed by atoms with Crippen LogP contribution in [-0.4, -0.2) is 12.1 Å². The Morgan fingerprint density at radius 1 is 1.25 bits per heavy atom. The molecule has 20 heavy (non-hydrogen) atoms. The van der Waals surface area contributed by atoms with Crippen LogP contribution in [-0.2, 0) is 0 Å². The van der Waals surface area contributed by atoms with E-state index in [9.17, 15) is 0 Å². The van der Waals surface area contributed by atoms with Crippen LogP contribution in [0.15, 0.2) is 40.9 Å². The number of nitrogens with two attached hydrogens (primary N) is 1. The van der Waals surface area contributed by atoms with Crippen LogP contribution in [0, 0.1) is 6.92 Å². The highest BCUT2D eigenvalue weighted by molar-refractivity contribution is 9.10. The summed E-state index contributed by atoms with van der Waals surface area (Å²) in [6.07, 6.45) is 0. The standard InChI is InChI=1S/C15H15BrN2OS/c1-9-3-5-11(15(17)20)13(7-9)18-10-4-6-14(19-2)12(16)8-10/h3-8,18H,1-2H3,(H2,17,20). The summed E-state index contributed by atoms with van der Waals surface area (Å²) in [6, 6.07) is 11.7. The number of methoxy groups -OCH3 is 1. The molecule has 5 heteroatoms. The first kappa shape index (κ1) is 14.8. The molecule has 0 heterocycles. The number of halogens is 1. The van der Waals surface area contributed by atoms with Crippen LogP contribution < -0.4 is 15.8 Å². The van der Waals surface area contributed by atoms with E-state index in [0.717, 1.165) is 32.7 Å². The number of anilines is 2. The molecule has 0 spiro atoms. The van der Waals surface area contributed by atoms with Crippen LogP contribution in [0.3, 0.4) is 0 Å². The van der Waals surface area contributed by atoms with Gasteiger partial charge < -0.3 is 15.8 Å². The number of benzene rings is 2. The van der Waals surface area contributed by atoms with Gasteiger partial charge in [0.1, 0.15) is 10.7 Å². The maximum atomic E-state index is 5.76. The first-order valence-electron chi connectivity index (χ1n) is 6.02. The van der Waals surface area contributed by atoms with Crippen molar-refractivity contribution in [3.8, 4) is 5.75 Å². The minimum absolute atomic E-state index is 0.375. The van der Waals surface area contributed by atoms with Gasteiger partial charge in [-0.1, -0.05) is 18.3 Å². The smallest absolute Gasteiger partial charge is 0.133 e. The molecule has 0 aliphatic rings. The maximum Gasteiger partial charge on any atom is 0.133 e. The molecular weight excluding hydrogens is 336 g/mol. The van der Waals surface area contributed by atoms with Crippen molar-refractivity contribution in [2.45, 2.75) is 6.92 Å². The molecule has 0 saturated carbocycles. The molecule has 2 aromatic carbocycles. The molecule has 104 valence electrons. The van der Waals surface area contributed by atoms with Gasteiger partial charge in [0.2, 0.25) is 0 Å². The van der Waals surface area contributed by atoms with Gasteiger partial charge in [0.05, 0.1) is 11.6 Å². The Hall–Kier alpha value is -1.59. The normalized spacial score (nSPS) is 10.2. The van der Waals surface area contributed by atoms with E-state index in [1.165, 1.54) is 0 Å². The summed E-state index contributed by atoms with van der Waals surface area (Å²) in [5.74, 6) is 0.786. The fraction of sp³-hybridized carbons (Fsp3) is 0.133. The van der Waals surface area contributed by atoms with Crippen molar-refractivity contribution in [3.63, 3.8) is 0 Å². The SMILES string of the molecule is COc1ccc(Nc2cc(C)ccc2C(N)=S)cc1Br. The Bertz CT molecular complexity index is 658. The highest BCUT2D eigenvalue weighted by Gasteiger charge is 2.07. The van der Waals surface area contributed by atoms with E-state index in [4.69, 9.17) is 22.7 Å². The van der Waals surface area contributed by atoms with Crippen molar-refractivity contribution < 1.29 is 4.74 Å². The number of rotatable bonds is 4. The number of ether oxygens (including phenoxy) is 1. The van der Waals surface area contributed by atoms with Crippen LogP contribution in [0.25, 0.3) is 0 Å². The van der Waals surface area contributed by atoms with E-state index in [-0.39, 0.29) is 0 Å². The fourth-order valence-electron chi connectivity index (χ4n) is 1.88. The summed E-state index contributed by atoms with van der Waals surface area (Å²) in [4.78, 5) is 0.375. The van der Waals surface area contributed by atoms with Gasteiger partial charge in [-0.3, -0.25) is 0 Å². The molecule has 0 fully saturated rings. The second-order valence-corrected chi connectivity index (χ2v) is 5.68. The number of nitrogens with one attached hydrogen (secondary N) is 1. The molecule has 0 atom stereocenters. The van der Waals surface area contributed by atoms with Crippen molar-refractivity contribution in [3.05, 3.63) is 52.0 Å². The molecule has 0 aliphatic carbocycles. The number of hydrogen-bond donors (Lipinski definition) is 2. The minimum atomic E-state index is 0.375. The number of aryl methyl sites for hydroxylation is 1. The monoisotopic (exact) mass is 350 g/mol. The average molecular weight is 351 g/mol. The number of hydrogen-bond acceptors (Lipinski definition) is 3. The Balaban J connectivity index is 2.36. The van der Waals surface area contributed by atoms with Crippen LogP contribution in [0.5, 0.6) is 5.75 Å². The third-order valence-corrected chi connectivity index (χ3v) is 3.71. The average Bonchev–Trinajstić information content (AvgIpc) is 2.38. The quantitative estimate of drug-likeness (QED) is 0.813. The molecule has 2 rings (SSSR count). The van der Waals surface area contributed by atoms with Crippen molar-refractivity contribution in [2.24, 2.45) is 5.73 Å². The van der Waals surface area contributed by atoms with Gasteiger partial charge in [0.25, 0.3) is 0 Å². The Morgan fingerprint density at radius 2 is 2.00 bits per heavy atom. The van der Waals surface area contributed by atoms with Gasteiger partial charge in [-0.2, -0.15) is 0 Å². The van der Waals surface area contributed by atoms with E-state index >= 15 is 0 Å². The zero-order valence-electron chi connectivity index (χ0n) is 11.2. The van der Waals surface area contributed by atoms with Gasteiger partial charge in [-0.15, -0.1) is 0 Å². The maximum absolute atomic E-state index is 5.76. The Labute approximate surface area is 132 Å². The van der Waals surface area contributed by atoms with E-state index in [0.29, 0.717) is 4.99 Å². The van der Waals surface area contributed by atoms with Crippen molar-refractivity contribution >= 4 is 44.5 Å². The lowest BCUT2D eigenvalue weighted by Gasteiger charge is -2.13. The highest BCUT2D eigenvalue weighted by Crippen LogP contribution is 2.30. The van der Waals surface area contributed by atoms with Gasteiger partial charge in [-0.25, -0.2) is 0 Å². The molecule has 2 aromatic rings. The van der Waals surface area contributed by atoms with Gasteiger partial charge in [0, 0.05) is 16.9 Å². The highest BCUT2D eigenvalue weighted by atomic mass is 79.9. The predicted molar refractivity (Wildman–Crippen MR) is 91.0 cm³/mol. The molecule has 0 radical (unpaired) electrons. The summed E-state index contributed by atoms with van der Waals surface area (Å²) in [6.45, 7) is 2.03. The molecule has 0 aliphatic heterocycles. The van der Waals surface area contributed by atoms with Crippen molar-refractivity contribution in [1.29, 1.82) is 0 Å². The molecule has 3 N–H and O–H groups in total. The molecule has 0 amide bonds. The topological polar surface area (TPSA) is 47.3 Å². The van der Waals surface area contributed by atoms with Crippen molar-refractivity contribution in [2.75, 3.05) is 12.4 Å². The second-order valence-electron chi connectivity index (χ2n) is 4.39.